The summed E-state index contributed by atoms with van der Waals surface area (Å²) in [6, 6.07) is 0. The second-order valence-electron chi connectivity index (χ2n) is 2.57. The summed E-state index contributed by atoms with van der Waals surface area (Å²) in [6.07, 6.45) is 10.3. The topological polar surface area (TPSA) is 9.23 Å². The zero-order valence-corrected chi connectivity index (χ0v) is 5.34. The van der Waals surface area contributed by atoms with Crippen molar-refractivity contribution in [2.24, 2.45) is 0 Å². The van der Waals surface area contributed by atoms with Gasteiger partial charge in [0.1, 0.15) is 6.10 Å². The van der Waals surface area contributed by atoms with Crippen LogP contribution in [0.1, 0.15) is 19.3 Å². The van der Waals surface area contributed by atoms with Crippen molar-refractivity contribution in [3.63, 3.8) is 0 Å². The van der Waals surface area contributed by atoms with Gasteiger partial charge in [-0.3, -0.25) is 0 Å². The molecule has 2 aliphatic rings. The standard InChI is InChI=1S/C8H10O/c1-3-7-5-2-6-8(4-1)9-7/h1,3-4,7H,2,5-6H2. The van der Waals surface area contributed by atoms with Gasteiger partial charge < -0.3 is 4.74 Å². The van der Waals surface area contributed by atoms with Crippen molar-refractivity contribution in [1.29, 1.82) is 0 Å². The van der Waals surface area contributed by atoms with E-state index in [2.05, 4.69) is 18.2 Å². The summed E-state index contributed by atoms with van der Waals surface area (Å²) in [7, 11) is 0. The summed E-state index contributed by atoms with van der Waals surface area (Å²) >= 11 is 0. The molecule has 0 radical (unpaired) electrons. The highest BCUT2D eigenvalue weighted by Crippen LogP contribution is 2.25. The molecule has 0 amide bonds. The Balaban J connectivity index is 2.22. The van der Waals surface area contributed by atoms with E-state index in [1.807, 2.05) is 0 Å². The molecule has 0 aromatic heterocycles. The van der Waals surface area contributed by atoms with Gasteiger partial charge in [-0.05, 0) is 25.0 Å². The van der Waals surface area contributed by atoms with Crippen LogP contribution >= 0.6 is 0 Å². The Morgan fingerprint density at radius 1 is 1.56 bits per heavy atom. The smallest absolute Gasteiger partial charge is 0.117 e. The first-order chi connectivity index (χ1) is 4.45. The SMILES string of the molecule is C1=CC2CCCC(=C1)O2. The number of hydrogen-bond donors (Lipinski definition) is 0. The molecule has 1 atom stereocenters. The third-order valence-electron chi connectivity index (χ3n) is 1.82. The second kappa shape index (κ2) is 1.90. The Morgan fingerprint density at radius 3 is 3.33 bits per heavy atom. The molecule has 0 N–H and O–H groups in total. The molecule has 2 aliphatic heterocycles. The minimum Gasteiger partial charge on any atom is -0.491 e. The summed E-state index contributed by atoms with van der Waals surface area (Å²) in [5.74, 6) is 1.17. The summed E-state index contributed by atoms with van der Waals surface area (Å²) in [5, 5.41) is 0. The predicted octanol–water partition coefficient (Wildman–Crippen LogP) is 2.01. The van der Waals surface area contributed by atoms with Crippen molar-refractivity contribution in [2.75, 3.05) is 0 Å². The summed E-state index contributed by atoms with van der Waals surface area (Å²) < 4.78 is 5.50. The highest BCUT2D eigenvalue weighted by molar-refractivity contribution is 5.16. The van der Waals surface area contributed by atoms with Crippen LogP contribution in [0.25, 0.3) is 0 Å². The molecule has 0 aliphatic carbocycles. The van der Waals surface area contributed by atoms with Gasteiger partial charge in [0.15, 0.2) is 0 Å². The molecule has 1 saturated heterocycles. The van der Waals surface area contributed by atoms with Crippen LogP contribution in [-0.2, 0) is 4.74 Å². The van der Waals surface area contributed by atoms with Crippen molar-refractivity contribution in [2.45, 2.75) is 25.4 Å². The quantitative estimate of drug-likeness (QED) is 0.477. The minimum atomic E-state index is 0.402. The van der Waals surface area contributed by atoms with Gasteiger partial charge in [-0.1, -0.05) is 6.08 Å². The fourth-order valence-electron chi connectivity index (χ4n) is 1.33. The number of allylic oxidation sites excluding steroid dienone is 3. The van der Waals surface area contributed by atoms with Crippen LogP contribution in [0.15, 0.2) is 24.0 Å². The van der Waals surface area contributed by atoms with Crippen molar-refractivity contribution >= 4 is 0 Å². The van der Waals surface area contributed by atoms with Gasteiger partial charge in [-0.15, -0.1) is 0 Å². The molecule has 2 bridgehead atoms. The van der Waals surface area contributed by atoms with Crippen LogP contribution in [0.5, 0.6) is 0 Å². The van der Waals surface area contributed by atoms with E-state index in [1.54, 1.807) is 0 Å². The normalized spacial score (nSPS) is 31.1. The van der Waals surface area contributed by atoms with Crippen LogP contribution in [0.2, 0.25) is 0 Å². The number of ether oxygens (including phenoxy) is 1. The van der Waals surface area contributed by atoms with Crippen LogP contribution in [0.4, 0.5) is 0 Å². The fraction of sp³-hybridized carbons (Fsp3) is 0.500. The van der Waals surface area contributed by atoms with Crippen LogP contribution in [0.3, 0.4) is 0 Å². The lowest BCUT2D eigenvalue weighted by Gasteiger charge is -2.25. The highest BCUT2D eigenvalue weighted by atomic mass is 16.5. The Morgan fingerprint density at radius 2 is 2.56 bits per heavy atom. The summed E-state index contributed by atoms with van der Waals surface area (Å²) in [4.78, 5) is 0. The summed E-state index contributed by atoms with van der Waals surface area (Å²) in [5.41, 5.74) is 0. The molecule has 1 heteroatoms. The lowest BCUT2D eigenvalue weighted by Crippen LogP contribution is -2.16. The molecule has 48 valence electrons. The monoisotopic (exact) mass is 122 g/mol. The van der Waals surface area contributed by atoms with Crippen LogP contribution < -0.4 is 0 Å². The first-order valence-electron chi connectivity index (χ1n) is 3.49. The fourth-order valence-corrected chi connectivity index (χ4v) is 1.33. The van der Waals surface area contributed by atoms with Gasteiger partial charge in [0.2, 0.25) is 0 Å². The molecule has 1 nitrogen and oxygen atoms in total. The number of fused-ring (bicyclic) bond motifs is 2. The molecular weight excluding hydrogens is 112 g/mol. The van der Waals surface area contributed by atoms with Crippen LogP contribution in [-0.4, -0.2) is 6.10 Å². The third-order valence-corrected chi connectivity index (χ3v) is 1.82. The van der Waals surface area contributed by atoms with Crippen molar-refractivity contribution in [3.8, 4) is 0 Å². The molecule has 2 heterocycles. The maximum absolute atomic E-state index is 5.50. The van der Waals surface area contributed by atoms with E-state index in [1.165, 1.54) is 18.6 Å². The van der Waals surface area contributed by atoms with E-state index in [4.69, 9.17) is 4.74 Å². The van der Waals surface area contributed by atoms with E-state index in [9.17, 15) is 0 Å². The van der Waals surface area contributed by atoms with Crippen molar-refractivity contribution in [1.82, 2.24) is 0 Å². The van der Waals surface area contributed by atoms with Gasteiger partial charge in [0, 0.05) is 6.42 Å². The van der Waals surface area contributed by atoms with Gasteiger partial charge in [0.05, 0.1) is 5.76 Å². The minimum absolute atomic E-state index is 0.402. The van der Waals surface area contributed by atoms with E-state index >= 15 is 0 Å². The highest BCUT2D eigenvalue weighted by Gasteiger charge is 2.16. The predicted molar refractivity (Wildman–Crippen MR) is 35.9 cm³/mol. The van der Waals surface area contributed by atoms with E-state index in [-0.39, 0.29) is 0 Å². The summed E-state index contributed by atoms with van der Waals surface area (Å²) in [6.45, 7) is 0. The average molecular weight is 122 g/mol. The number of hydrogen-bond acceptors (Lipinski definition) is 1. The van der Waals surface area contributed by atoms with E-state index in [0.29, 0.717) is 6.10 Å². The Hall–Kier alpha value is -0.720. The third kappa shape index (κ3) is 0.869. The molecule has 1 unspecified atom stereocenters. The Kier molecular flexibility index (Phi) is 1.08. The molecular formula is C8H10O. The molecule has 1 fully saturated rings. The zero-order chi connectivity index (χ0) is 6.10. The average Bonchev–Trinajstić information content (AvgIpc) is 1.88. The molecule has 9 heavy (non-hydrogen) atoms. The van der Waals surface area contributed by atoms with Crippen molar-refractivity contribution in [3.05, 3.63) is 24.0 Å². The Labute approximate surface area is 55.0 Å². The maximum atomic E-state index is 5.50. The first-order valence-corrected chi connectivity index (χ1v) is 3.49. The molecule has 0 saturated carbocycles. The molecule has 0 aromatic carbocycles. The largest absolute Gasteiger partial charge is 0.491 e. The lowest BCUT2D eigenvalue weighted by atomic mass is 10.0. The van der Waals surface area contributed by atoms with Gasteiger partial charge in [0.25, 0.3) is 0 Å². The number of rotatable bonds is 0. The van der Waals surface area contributed by atoms with E-state index in [0.717, 1.165) is 6.42 Å². The lowest BCUT2D eigenvalue weighted by molar-refractivity contribution is 0.105. The first kappa shape index (κ1) is 5.10. The van der Waals surface area contributed by atoms with Crippen LogP contribution in [0, 0.1) is 0 Å². The second-order valence-corrected chi connectivity index (χ2v) is 2.57. The maximum Gasteiger partial charge on any atom is 0.117 e. The van der Waals surface area contributed by atoms with E-state index < -0.39 is 0 Å². The molecule has 2 rings (SSSR count). The molecule has 0 aromatic rings. The van der Waals surface area contributed by atoms with Gasteiger partial charge in [-0.2, -0.15) is 0 Å². The van der Waals surface area contributed by atoms with Crippen molar-refractivity contribution < 1.29 is 4.74 Å². The van der Waals surface area contributed by atoms with Gasteiger partial charge in [-0.25, -0.2) is 0 Å². The Bertz CT molecular complexity index is 167. The molecule has 0 spiro atoms. The van der Waals surface area contributed by atoms with Gasteiger partial charge >= 0.3 is 0 Å². The zero-order valence-electron chi connectivity index (χ0n) is 5.34.